The highest BCUT2D eigenvalue weighted by Crippen LogP contribution is 2.35. The first-order valence-electron chi connectivity index (χ1n) is 7.35. The SMILES string of the molecule is CCC1CCC(NS(=O)(=O)c2ccc(N)c(OC)c2)C1C. The number of benzene rings is 1. The Hall–Kier alpha value is -1.27. The van der Waals surface area contributed by atoms with Gasteiger partial charge in [0.25, 0.3) is 0 Å². The van der Waals surface area contributed by atoms with Crippen LogP contribution in [0.5, 0.6) is 5.75 Å². The molecular formula is C15H24N2O3S. The van der Waals surface area contributed by atoms with Gasteiger partial charge in [0, 0.05) is 12.1 Å². The van der Waals surface area contributed by atoms with Gasteiger partial charge in [0.2, 0.25) is 10.0 Å². The van der Waals surface area contributed by atoms with Gasteiger partial charge in [-0.2, -0.15) is 0 Å². The number of rotatable bonds is 5. The van der Waals surface area contributed by atoms with Crippen LogP contribution in [0.1, 0.15) is 33.1 Å². The van der Waals surface area contributed by atoms with Crippen molar-refractivity contribution in [2.75, 3.05) is 12.8 Å². The molecule has 1 aromatic carbocycles. The Bertz CT molecular complexity index is 601. The van der Waals surface area contributed by atoms with Crippen LogP contribution in [0.25, 0.3) is 0 Å². The van der Waals surface area contributed by atoms with Crippen LogP contribution < -0.4 is 15.2 Å². The number of sulfonamides is 1. The molecule has 0 aromatic heterocycles. The smallest absolute Gasteiger partial charge is 0.240 e. The predicted molar refractivity (Wildman–Crippen MR) is 83.7 cm³/mol. The van der Waals surface area contributed by atoms with Crippen molar-refractivity contribution in [3.05, 3.63) is 18.2 Å². The van der Waals surface area contributed by atoms with Gasteiger partial charge in [-0.1, -0.05) is 20.3 Å². The third-order valence-corrected chi connectivity index (χ3v) is 6.06. The molecule has 1 saturated carbocycles. The number of nitrogens with one attached hydrogen (secondary N) is 1. The van der Waals surface area contributed by atoms with Crippen molar-refractivity contribution in [2.45, 2.75) is 44.0 Å². The second-order valence-electron chi connectivity index (χ2n) is 5.74. The standard InChI is InChI=1S/C15H24N2O3S/c1-4-11-5-8-14(10(11)2)17-21(18,19)12-6-7-13(16)15(9-12)20-3/h6-7,9-11,14,17H,4-5,8,16H2,1-3H3. The maximum Gasteiger partial charge on any atom is 0.240 e. The Morgan fingerprint density at radius 1 is 1.38 bits per heavy atom. The van der Waals surface area contributed by atoms with E-state index in [2.05, 4.69) is 18.6 Å². The fourth-order valence-corrected chi connectivity index (χ4v) is 4.49. The van der Waals surface area contributed by atoms with Crippen molar-refractivity contribution in [1.82, 2.24) is 4.72 Å². The lowest BCUT2D eigenvalue weighted by atomic mass is 9.94. The molecule has 3 unspecified atom stereocenters. The Morgan fingerprint density at radius 2 is 2.10 bits per heavy atom. The van der Waals surface area contributed by atoms with Crippen LogP contribution >= 0.6 is 0 Å². The largest absolute Gasteiger partial charge is 0.495 e. The van der Waals surface area contributed by atoms with E-state index in [0.29, 0.717) is 23.3 Å². The molecule has 6 heteroatoms. The van der Waals surface area contributed by atoms with Crippen LogP contribution in [0.2, 0.25) is 0 Å². The van der Waals surface area contributed by atoms with E-state index in [1.807, 2.05) is 0 Å². The number of methoxy groups -OCH3 is 1. The summed E-state index contributed by atoms with van der Waals surface area (Å²) in [5, 5.41) is 0. The lowest BCUT2D eigenvalue weighted by Crippen LogP contribution is -2.37. The Kier molecular flexibility index (Phi) is 4.78. The van der Waals surface area contributed by atoms with Gasteiger partial charge in [-0.25, -0.2) is 13.1 Å². The number of anilines is 1. The van der Waals surface area contributed by atoms with E-state index in [9.17, 15) is 8.42 Å². The summed E-state index contributed by atoms with van der Waals surface area (Å²) in [6.07, 6.45) is 3.07. The molecule has 0 bridgehead atoms. The number of hydrogen-bond donors (Lipinski definition) is 2. The quantitative estimate of drug-likeness (QED) is 0.818. The van der Waals surface area contributed by atoms with E-state index in [1.54, 1.807) is 6.07 Å². The average molecular weight is 312 g/mol. The second kappa shape index (κ2) is 6.23. The third kappa shape index (κ3) is 3.32. The molecule has 1 aliphatic rings. The molecule has 0 radical (unpaired) electrons. The van der Waals surface area contributed by atoms with E-state index in [-0.39, 0.29) is 10.9 Å². The predicted octanol–water partition coefficient (Wildman–Crippen LogP) is 2.38. The van der Waals surface area contributed by atoms with Gasteiger partial charge in [0.15, 0.2) is 0 Å². The van der Waals surface area contributed by atoms with E-state index in [1.165, 1.54) is 19.2 Å². The molecule has 0 amide bonds. The van der Waals surface area contributed by atoms with Crippen LogP contribution in [-0.2, 0) is 10.0 Å². The fourth-order valence-electron chi connectivity index (χ4n) is 3.12. The molecule has 2 rings (SSSR count). The van der Waals surface area contributed by atoms with Crippen molar-refractivity contribution in [3.8, 4) is 5.75 Å². The van der Waals surface area contributed by atoms with Crippen molar-refractivity contribution in [3.63, 3.8) is 0 Å². The van der Waals surface area contributed by atoms with Crippen molar-refractivity contribution in [1.29, 1.82) is 0 Å². The van der Waals surface area contributed by atoms with Crippen molar-refractivity contribution in [2.24, 2.45) is 11.8 Å². The molecule has 0 spiro atoms. The first-order valence-corrected chi connectivity index (χ1v) is 8.83. The van der Waals surface area contributed by atoms with Crippen LogP contribution in [0.3, 0.4) is 0 Å². The van der Waals surface area contributed by atoms with E-state index in [4.69, 9.17) is 10.5 Å². The summed E-state index contributed by atoms with van der Waals surface area (Å²) in [5.74, 6) is 1.34. The lowest BCUT2D eigenvalue weighted by Gasteiger charge is -2.21. The molecule has 0 heterocycles. The zero-order chi connectivity index (χ0) is 15.6. The molecule has 0 saturated heterocycles. The summed E-state index contributed by atoms with van der Waals surface area (Å²) < 4.78 is 32.9. The first-order chi connectivity index (χ1) is 9.89. The monoisotopic (exact) mass is 312 g/mol. The van der Waals surface area contributed by atoms with Gasteiger partial charge in [-0.05, 0) is 36.8 Å². The Morgan fingerprint density at radius 3 is 2.67 bits per heavy atom. The molecule has 1 aromatic rings. The van der Waals surface area contributed by atoms with Gasteiger partial charge < -0.3 is 10.5 Å². The van der Waals surface area contributed by atoms with Gasteiger partial charge >= 0.3 is 0 Å². The minimum Gasteiger partial charge on any atom is -0.495 e. The van der Waals surface area contributed by atoms with Crippen molar-refractivity contribution >= 4 is 15.7 Å². The third-order valence-electron chi connectivity index (χ3n) is 4.57. The Labute approximate surface area is 126 Å². The molecule has 5 nitrogen and oxygen atoms in total. The van der Waals surface area contributed by atoms with Crippen molar-refractivity contribution < 1.29 is 13.2 Å². The van der Waals surface area contributed by atoms with Gasteiger partial charge in [0.1, 0.15) is 5.75 Å². The summed E-state index contributed by atoms with van der Waals surface area (Å²) in [6, 6.07) is 4.54. The van der Waals surface area contributed by atoms with Gasteiger partial charge in [0.05, 0.1) is 17.7 Å². The van der Waals surface area contributed by atoms with Crippen LogP contribution in [-0.4, -0.2) is 21.6 Å². The summed E-state index contributed by atoms with van der Waals surface area (Å²) in [4.78, 5) is 0.195. The molecule has 1 aliphatic carbocycles. The van der Waals surface area contributed by atoms with E-state index < -0.39 is 10.0 Å². The number of ether oxygens (including phenoxy) is 1. The normalized spacial score (nSPS) is 26.0. The van der Waals surface area contributed by atoms with Crippen LogP contribution in [0.15, 0.2) is 23.1 Å². The molecule has 118 valence electrons. The molecule has 0 aliphatic heterocycles. The summed E-state index contributed by atoms with van der Waals surface area (Å²) in [7, 11) is -2.07. The molecular weight excluding hydrogens is 288 g/mol. The fraction of sp³-hybridized carbons (Fsp3) is 0.600. The molecule has 3 N–H and O–H groups in total. The zero-order valence-electron chi connectivity index (χ0n) is 12.8. The average Bonchev–Trinajstić information content (AvgIpc) is 2.79. The highest BCUT2D eigenvalue weighted by molar-refractivity contribution is 7.89. The highest BCUT2D eigenvalue weighted by Gasteiger charge is 2.34. The zero-order valence-corrected chi connectivity index (χ0v) is 13.6. The number of nitrogen functional groups attached to an aromatic ring is 1. The lowest BCUT2D eigenvalue weighted by molar-refractivity contribution is 0.368. The minimum atomic E-state index is -3.54. The summed E-state index contributed by atoms with van der Waals surface area (Å²) in [6.45, 7) is 4.28. The highest BCUT2D eigenvalue weighted by atomic mass is 32.2. The number of hydrogen-bond acceptors (Lipinski definition) is 4. The van der Waals surface area contributed by atoms with Gasteiger partial charge in [-0.3, -0.25) is 0 Å². The maximum absolute atomic E-state index is 12.5. The molecule has 21 heavy (non-hydrogen) atoms. The maximum atomic E-state index is 12.5. The number of nitrogens with two attached hydrogens (primary N) is 1. The summed E-state index contributed by atoms with van der Waals surface area (Å²) in [5.41, 5.74) is 6.15. The first kappa shape index (κ1) is 16.1. The minimum absolute atomic E-state index is 0.00324. The van der Waals surface area contributed by atoms with Gasteiger partial charge in [-0.15, -0.1) is 0 Å². The second-order valence-corrected chi connectivity index (χ2v) is 7.45. The molecule has 3 atom stereocenters. The molecule has 1 fully saturated rings. The topological polar surface area (TPSA) is 81.4 Å². The summed E-state index contributed by atoms with van der Waals surface area (Å²) >= 11 is 0. The van der Waals surface area contributed by atoms with Crippen LogP contribution in [0.4, 0.5) is 5.69 Å². The van der Waals surface area contributed by atoms with E-state index in [0.717, 1.165) is 19.3 Å². The van der Waals surface area contributed by atoms with Crippen LogP contribution in [0, 0.1) is 11.8 Å². The Balaban J connectivity index is 2.19. The van der Waals surface area contributed by atoms with E-state index >= 15 is 0 Å².